The largest absolute Gasteiger partial charge is 0.361 e. The molecule has 0 bridgehead atoms. The second kappa shape index (κ2) is 9.36. The number of imide groups is 1. The number of urea groups is 1. The van der Waals surface area contributed by atoms with Crippen LogP contribution >= 0.6 is 0 Å². The van der Waals surface area contributed by atoms with E-state index in [1.807, 2.05) is 30.3 Å². The van der Waals surface area contributed by atoms with Crippen LogP contribution in [0.2, 0.25) is 0 Å². The van der Waals surface area contributed by atoms with Gasteiger partial charge >= 0.3 is 6.03 Å². The summed E-state index contributed by atoms with van der Waals surface area (Å²) in [6.07, 6.45) is 2.03. The first-order valence-corrected chi connectivity index (χ1v) is 10.4. The van der Waals surface area contributed by atoms with Gasteiger partial charge in [0.2, 0.25) is 5.91 Å². The Bertz CT molecular complexity index is 1260. The first-order valence-electron chi connectivity index (χ1n) is 10.4. The zero-order valence-corrected chi connectivity index (χ0v) is 17.6. The molecule has 1 aliphatic rings. The number of aromatic amines is 1. The van der Waals surface area contributed by atoms with Crippen molar-refractivity contribution in [2.75, 3.05) is 6.54 Å². The van der Waals surface area contributed by atoms with Gasteiger partial charge in [-0.25, -0.2) is 4.79 Å². The second-order valence-electron chi connectivity index (χ2n) is 7.72. The summed E-state index contributed by atoms with van der Waals surface area (Å²) in [6, 6.07) is 16.7. The minimum atomic E-state index is -1.62. The van der Waals surface area contributed by atoms with Crippen molar-refractivity contribution >= 4 is 34.5 Å². The number of ketones is 1. The Morgan fingerprint density at radius 3 is 2.58 bits per heavy atom. The van der Waals surface area contributed by atoms with Gasteiger partial charge in [-0.1, -0.05) is 48.5 Å². The molecule has 0 spiro atoms. The summed E-state index contributed by atoms with van der Waals surface area (Å²) in [6.45, 7) is -0.493. The van der Waals surface area contributed by atoms with Crippen molar-refractivity contribution < 1.29 is 19.2 Å². The van der Waals surface area contributed by atoms with E-state index in [4.69, 9.17) is 0 Å². The van der Waals surface area contributed by atoms with Crippen LogP contribution in [0.1, 0.15) is 11.1 Å². The summed E-state index contributed by atoms with van der Waals surface area (Å²) in [5.41, 5.74) is 2.58. The van der Waals surface area contributed by atoms with E-state index < -0.39 is 42.1 Å². The first-order chi connectivity index (χ1) is 16.0. The molecule has 3 aromatic rings. The normalized spacial score (nSPS) is 16.3. The average Bonchev–Trinajstić information content (AvgIpc) is 3.35. The van der Waals surface area contributed by atoms with Crippen LogP contribution in [0.15, 0.2) is 60.8 Å². The monoisotopic (exact) mass is 443 g/mol. The third-order valence-electron chi connectivity index (χ3n) is 5.54. The maximum Gasteiger partial charge on any atom is 0.325 e. The predicted octanol–water partition coefficient (Wildman–Crippen LogP) is 1.66. The number of carbonyl (C=O) groups is 4. The molecule has 2 unspecified atom stereocenters. The van der Waals surface area contributed by atoms with E-state index in [-0.39, 0.29) is 13.0 Å². The van der Waals surface area contributed by atoms with Crippen LogP contribution in [0, 0.1) is 17.2 Å². The molecule has 1 saturated heterocycles. The van der Waals surface area contributed by atoms with Crippen LogP contribution in [-0.4, -0.2) is 46.1 Å². The molecule has 0 radical (unpaired) electrons. The standard InChI is InChI=1S/C24H21N5O4/c25-11-18(22(31)27-12-15-6-2-1-3-7-15)21(30)14-29-23(32)20(28-24(29)33)10-16-13-26-19-9-5-4-8-17(16)19/h1-9,13,18,20,26H,10,12,14H2,(H,27,31)(H,28,33). The van der Waals surface area contributed by atoms with E-state index in [1.54, 1.807) is 36.5 Å². The van der Waals surface area contributed by atoms with Crippen LogP contribution in [0.3, 0.4) is 0 Å². The predicted molar refractivity (Wildman–Crippen MR) is 118 cm³/mol. The molecular weight excluding hydrogens is 422 g/mol. The lowest BCUT2D eigenvalue weighted by molar-refractivity contribution is -0.136. The minimum absolute atomic E-state index is 0.154. The van der Waals surface area contributed by atoms with Crippen LogP contribution in [0.4, 0.5) is 4.79 Å². The molecule has 2 atom stereocenters. The summed E-state index contributed by atoms with van der Waals surface area (Å²) in [5, 5.41) is 15.4. The lowest BCUT2D eigenvalue weighted by atomic mass is 10.0. The van der Waals surface area contributed by atoms with Gasteiger partial charge in [-0.05, 0) is 17.2 Å². The van der Waals surface area contributed by atoms with Gasteiger partial charge < -0.3 is 15.6 Å². The summed E-state index contributed by atoms with van der Waals surface area (Å²) >= 11 is 0. The second-order valence-corrected chi connectivity index (χ2v) is 7.72. The summed E-state index contributed by atoms with van der Waals surface area (Å²) in [7, 11) is 0. The van der Waals surface area contributed by atoms with E-state index in [0.717, 1.165) is 26.9 Å². The highest BCUT2D eigenvalue weighted by Gasteiger charge is 2.41. The van der Waals surface area contributed by atoms with Crippen molar-refractivity contribution in [2.45, 2.75) is 19.0 Å². The molecule has 0 aliphatic carbocycles. The molecule has 1 fully saturated rings. The molecule has 166 valence electrons. The van der Waals surface area contributed by atoms with E-state index in [2.05, 4.69) is 15.6 Å². The maximum absolute atomic E-state index is 12.8. The number of rotatable bonds is 8. The van der Waals surface area contributed by atoms with Crippen molar-refractivity contribution in [1.29, 1.82) is 5.26 Å². The number of nitriles is 1. The molecule has 0 saturated carbocycles. The quantitative estimate of drug-likeness (QED) is 0.359. The van der Waals surface area contributed by atoms with Gasteiger partial charge in [-0.15, -0.1) is 0 Å². The van der Waals surface area contributed by atoms with Crippen LogP contribution in [-0.2, 0) is 27.3 Å². The van der Waals surface area contributed by atoms with Gasteiger partial charge in [0.1, 0.15) is 6.04 Å². The number of carbonyl (C=O) groups excluding carboxylic acids is 4. The fourth-order valence-electron chi connectivity index (χ4n) is 3.80. The SMILES string of the molecule is N#CC(C(=O)CN1C(=O)NC(Cc2c[nH]c3ccccc23)C1=O)C(=O)NCc1ccccc1. The molecule has 4 amide bonds. The highest BCUT2D eigenvalue weighted by molar-refractivity contribution is 6.10. The number of aromatic nitrogens is 1. The smallest absolute Gasteiger partial charge is 0.325 e. The van der Waals surface area contributed by atoms with Crippen molar-refractivity contribution in [2.24, 2.45) is 5.92 Å². The van der Waals surface area contributed by atoms with Gasteiger partial charge in [-0.3, -0.25) is 19.3 Å². The van der Waals surface area contributed by atoms with Crippen LogP contribution in [0.25, 0.3) is 10.9 Å². The van der Waals surface area contributed by atoms with Gasteiger partial charge in [-0.2, -0.15) is 5.26 Å². The third-order valence-corrected chi connectivity index (χ3v) is 5.54. The molecule has 3 N–H and O–H groups in total. The number of benzene rings is 2. The van der Waals surface area contributed by atoms with E-state index in [1.165, 1.54) is 0 Å². The number of amides is 4. The average molecular weight is 443 g/mol. The Labute approximate surface area is 189 Å². The number of H-pyrrole nitrogens is 1. The molecule has 4 rings (SSSR count). The Hall–Kier alpha value is -4.45. The topological polar surface area (TPSA) is 135 Å². The molecular formula is C24H21N5O4. The minimum Gasteiger partial charge on any atom is -0.361 e. The summed E-state index contributed by atoms with van der Waals surface area (Å²) < 4.78 is 0. The van der Waals surface area contributed by atoms with Crippen molar-refractivity contribution in [1.82, 2.24) is 20.5 Å². The Morgan fingerprint density at radius 1 is 1.09 bits per heavy atom. The number of nitrogens with one attached hydrogen (secondary N) is 3. The Balaban J connectivity index is 1.38. The van der Waals surface area contributed by atoms with Crippen molar-refractivity contribution in [3.63, 3.8) is 0 Å². The number of nitrogens with zero attached hydrogens (tertiary/aromatic N) is 2. The third kappa shape index (κ3) is 4.60. The van der Waals surface area contributed by atoms with Crippen molar-refractivity contribution in [3.05, 3.63) is 71.9 Å². The van der Waals surface area contributed by atoms with E-state index >= 15 is 0 Å². The molecule has 9 nitrogen and oxygen atoms in total. The highest BCUT2D eigenvalue weighted by Crippen LogP contribution is 2.21. The van der Waals surface area contributed by atoms with Gasteiger partial charge in [0.25, 0.3) is 5.91 Å². The molecule has 9 heteroatoms. The lowest BCUT2D eigenvalue weighted by Gasteiger charge is -2.15. The first kappa shape index (κ1) is 21.8. The van der Waals surface area contributed by atoms with Crippen LogP contribution in [0.5, 0.6) is 0 Å². The number of Topliss-reactive ketones (excluding diaryl/α,β-unsaturated/α-hetero) is 1. The molecule has 2 heterocycles. The number of hydrogen-bond donors (Lipinski definition) is 3. The van der Waals surface area contributed by atoms with Gasteiger partial charge in [0.05, 0.1) is 12.6 Å². The fourth-order valence-corrected chi connectivity index (χ4v) is 3.80. The van der Waals surface area contributed by atoms with Crippen LogP contribution < -0.4 is 10.6 Å². The summed E-state index contributed by atoms with van der Waals surface area (Å²) in [4.78, 5) is 54.0. The zero-order chi connectivity index (χ0) is 23.4. The zero-order valence-electron chi connectivity index (χ0n) is 17.6. The highest BCUT2D eigenvalue weighted by atomic mass is 16.2. The lowest BCUT2D eigenvalue weighted by Crippen LogP contribution is -2.42. The van der Waals surface area contributed by atoms with E-state index in [0.29, 0.717) is 0 Å². The Kier molecular flexibility index (Phi) is 6.17. The molecule has 33 heavy (non-hydrogen) atoms. The Morgan fingerprint density at radius 2 is 1.82 bits per heavy atom. The fraction of sp³-hybridized carbons (Fsp3) is 0.208. The van der Waals surface area contributed by atoms with Gasteiger partial charge in [0.15, 0.2) is 11.7 Å². The number of para-hydroxylation sites is 1. The maximum atomic E-state index is 12.8. The van der Waals surface area contributed by atoms with Gasteiger partial charge in [0, 0.05) is 30.1 Å². The summed E-state index contributed by atoms with van der Waals surface area (Å²) in [5.74, 6) is -3.78. The van der Waals surface area contributed by atoms with Crippen molar-refractivity contribution in [3.8, 4) is 6.07 Å². The number of hydrogen-bond acceptors (Lipinski definition) is 5. The molecule has 2 aromatic carbocycles. The molecule has 1 aliphatic heterocycles. The number of fused-ring (bicyclic) bond motifs is 1. The van der Waals surface area contributed by atoms with E-state index in [9.17, 15) is 24.4 Å². The molecule has 1 aromatic heterocycles.